The van der Waals surface area contributed by atoms with E-state index < -0.39 is 0 Å². The van der Waals surface area contributed by atoms with Gasteiger partial charge in [-0.15, -0.1) is 0 Å². The van der Waals surface area contributed by atoms with Gasteiger partial charge in [-0.05, 0) is 36.3 Å². The van der Waals surface area contributed by atoms with Crippen LogP contribution in [0.1, 0.15) is 15.9 Å². The lowest BCUT2D eigenvalue weighted by atomic mass is 9.97. The average Bonchev–Trinajstić information content (AvgIpc) is 2.73. The Bertz CT molecular complexity index is 890. The van der Waals surface area contributed by atoms with Gasteiger partial charge in [0.1, 0.15) is 6.29 Å². The van der Waals surface area contributed by atoms with E-state index >= 15 is 0 Å². The van der Waals surface area contributed by atoms with Crippen LogP contribution in [0.25, 0.3) is 11.1 Å². The summed E-state index contributed by atoms with van der Waals surface area (Å²) >= 11 is 12.8. The summed E-state index contributed by atoms with van der Waals surface area (Å²) in [6.07, 6.45) is 2.92. The Balaban J connectivity index is 1.74. The molecule has 2 aromatic rings. The van der Waals surface area contributed by atoms with E-state index in [1.165, 1.54) is 6.08 Å². The van der Waals surface area contributed by atoms with Crippen LogP contribution in [0.2, 0.25) is 10.0 Å². The fraction of sp³-hybridized carbons (Fsp3) is 0.273. The molecule has 1 heterocycles. The molecule has 0 aromatic heterocycles. The molecule has 1 saturated heterocycles. The highest BCUT2D eigenvalue weighted by Gasteiger charge is 2.20. The Morgan fingerprint density at radius 3 is 2.39 bits per heavy atom. The molecule has 0 unspecified atom stereocenters. The molecule has 1 aliphatic heterocycles. The second kappa shape index (κ2) is 9.37. The zero-order valence-corrected chi connectivity index (χ0v) is 17.0. The van der Waals surface area contributed by atoms with Crippen LogP contribution in [0, 0.1) is 0 Å². The average molecular weight is 417 g/mol. The lowest BCUT2D eigenvalue weighted by Gasteiger charge is -2.34. The number of nitrogens with zero attached hydrogens (tertiary/aromatic N) is 2. The van der Waals surface area contributed by atoms with E-state index in [1.807, 2.05) is 30.3 Å². The number of halogens is 2. The van der Waals surface area contributed by atoms with Crippen molar-refractivity contribution in [2.75, 3.05) is 32.7 Å². The first-order valence-corrected chi connectivity index (χ1v) is 9.95. The molecule has 1 aliphatic rings. The number of aldehydes is 1. The summed E-state index contributed by atoms with van der Waals surface area (Å²) in [4.78, 5) is 27.3. The summed E-state index contributed by atoms with van der Waals surface area (Å²) in [6.45, 7) is 7.34. The first kappa shape index (κ1) is 20.6. The van der Waals surface area contributed by atoms with E-state index in [1.54, 1.807) is 11.0 Å². The third-order valence-corrected chi connectivity index (χ3v) is 5.72. The molecule has 3 rings (SSSR count). The van der Waals surface area contributed by atoms with Gasteiger partial charge < -0.3 is 4.90 Å². The van der Waals surface area contributed by atoms with Crippen LogP contribution in [-0.2, 0) is 11.2 Å². The van der Waals surface area contributed by atoms with Crippen LogP contribution in [-0.4, -0.2) is 54.7 Å². The normalized spacial score (nSPS) is 14.7. The third-order valence-electron chi connectivity index (χ3n) is 5.08. The highest BCUT2D eigenvalue weighted by Crippen LogP contribution is 2.35. The monoisotopic (exact) mass is 416 g/mol. The molecular weight excluding hydrogens is 395 g/mol. The van der Waals surface area contributed by atoms with Crippen molar-refractivity contribution in [1.82, 2.24) is 9.80 Å². The smallest absolute Gasteiger partial charge is 0.246 e. The molecule has 0 bridgehead atoms. The van der Waals surface area contributed by atoms with Crippen molar-refractivity contribution in [1.29, 1.82) is 0 Å². The Kier molecular flexibility index (Phi) is 6.89. The summed E-state index contributed by atoms with van der Waals surface area (Å²) < 4.78 is 0. The van der Waals surface area contributed by atoms with E-state index in [4.69, 9.17) is 23.2 Å². The van der Waals surface area contributed by atoms with Gasteiger partial charge in [-0.2, -0.15) is 0 Å². The maximum absolute atomic E-state index is 11.7. The molecular formula is C22H22Cl2N2O2. The van der Waals surface area contributed by atoms with Crippen LogP contribution in [0.5, 0.6) is 0 Å². The minimum absolute atomic E-state index is 0.0232. The third kappa shape index (κ3) is 4.64. The minimum Gasteiger partial charge on any atom is -0.337 e. The molecule has 0 radical (unpaired) electrons. The molecule has 0 N–H and O–H groups in total. The second-order valence-electron chi connectivity index (χ2n) is 6.75. The van der Waals surface area contributed by atoms with Crippen LogP contribution in [0.15, 0.2) is 49.1 Å². The molecule has 6 heteroatoms. The zero-order valence-electron chi connectivity index (χ0n) is 15.5. The van der Waals surface area contributed by atoms with Crippen molar-refractivity contribution in [2.45, 2.75) is 6.42 Å². The van der Waals surface area contributed by atoms with Gasteiger partial charge >= 0.3 is 0 Å². The second-order valence-corrected chi connectivity index (χ2v) is 7.56. The number of benzene rings is 2. The van der Waals surface area contributed by atoms with Crippen LogP contribution < -0.4 is 0 Å². The lowest BCUT2D eigenvalue weighted by Crippen LogP contribution is -2.48. The lowest BCUT2D eigenvalue weighted by molar-refractivity contribution is -0.127. The van der Waals surface area contributed by atoms with Crippen LogP contribution in [0.3, 0.4) is 0 Å². The summed E-state index contributed by atoms with van der Waals surface area (Å²) in [7, 11) is 0. The van der Waals surface area contributed by atoms with Crippen molar-refractivity contribution >= 4 is 35.4 Å². The highest BCUT2D eigenvalue weighted by atomic mass is 35.5. The summed E-state index contributed by atoms with van der Waals surface area (Å²) in [5, 5.41) is 1.13. The summed E-state index contributed by atoms with van der Waals surface area (Å²) in [6, 6.07) is 11.2. The van der Waals surface area contributed by atoms with E-state index in [9.17, 15) is 9.59 Å². The maximum atomic E-state index is 11.7. The molecule has 2 aromatic carbocycles. The van der Waals surface area contributed by atoms with Gasteiger partial charge in [-0.25, -0.2) is 0 Å². The summed E-state index contributed by atoms with van der Waals surface area (Å²) in [5.74, 6) is -0.0232. The minimum atomic E-state index is -0.0232. The molecule has 1 fully saturated rings. The Labute approximate surface area is 175 Å². The standard InChI is InChI=1S/C22H22Cl2N2O2/c1-2-22(28)26-11-9-25(10-12-26)8-7-16-13-19(21(24)14-17(16)15-27)18-5-3-4-6-20(18)23/h2-6,13-15H,1,7-12H2. The number of hydrogen-bond donors (Lipinski definition) is 0. The molecule has 146 valence electrons. The fourth-order valence-corrected chi connectivity index (χ4v) is 3.96. The predicted molar refractivity (Wildman–Crippen MR) is 114 cm³/mol. The zero-order chi connectivity index (χ0) is 20.1. The van der Waals surface area contributed by atoms with E-state index in [2.05, 4.69) is 11.5 Å². The van der Waals surface area contributed by atoms with Crippen LogP contribution in [0.4, 0.5) is 0 Å². The van der Waals surface area contributed by atoms with Crippen molar-refractivity contribution < 1.29 is 9.59 Å². The van der Waals surface area contributed by atoms with Gasteiger partial charge in [0.05, 0.1) is 0 Å². The molecule has 0 saturated carbocycles. The van der Waals surface area contributed by atoms with Gasteiger partial charge in [-0.1, -0.05) is 48.0 Å². The number of rotatable bonds is 6. The Morgan fingerprint density at radius 2 is 1.75 bits per heavy atom. The van der Waals surface area contributed by atoms with Gasteiger partial charge in [0.2, 0.25) is 5.91 Å². The van der Waals surface area contributed by atoms with Gasteiger partial charge in [0.25, 0.3) is 0 Å². The van der Waals surface area contributed by atoms with Gasteiger partial charge in [0.15, 0.2) is 0 Å². The SMILES string of the molecule is C=CC(=O)N1CCN(CCc2cc(-c3ccccc3Cl)c(Cl)cc2C=O)CC1. The molecule has 4 nitrogen and oxygen atoms in total. The van der Waals surface area contributed by atoms with Gasteiger partial charge in [0, 0.05) is 59.5 Å². The molecule has 0 spiro atoms. The maximum Gasteiger partial charge on any atom is 0.246 e. The number of carbonyl (C=O) groups is 2. The number of hydrogen-bond acceptors (Lipinski definition) is 3. The highest BCUT2D eigenvalue weighted by molar-refractivity contribution is 6.36. The van der Waals surface area contributed by atoms with Crippen molar-refractivity contribution in [3.8, 4) is 11.1 Å². The largest absolute Gasteiger partial charge is 0.337 e. The van der Waals surface area contributed by atoms with Crippen molar-refractivity contribution in [2.24, 2.45) is 0 Å². The molecule has 0 atom stereocenters. The number of amides is 1. The molecule has 1 amide bonds. The number of carbonyl (C=O) groups excluding carboxylic acids is 2. The molecule has 28 heavy (non-hydrogen) atoms. The predicted octanol–water partition coefficient (Wildman–Crippen LogP) is 4.35. The van der Waals surface area contributed by atoms with E-state index in [0.29, 0.717) is 28.7 Å². The summed E-state index contributed by atoms with van der Waals surface area (Å²) in [5.41, 5.74) is 3.22. The first-order chi connectivity index (χ1) is 13.5. The fourth-order valence-electron chi connectivity index (χ4n) is 3.45. The quantitative estimate of drug-likeness (QED) is 0.519. The van der Waals surface area contributed by atoms with Crippen molar-refractivity contribution in [3.05, 3.63) is 70.2 Å². The van der Waals surface area contributed by atoms with Crippen molar-refractivity contribution in [3.63, 3.8) is 0 Å². The van der Waals surface area contributed by atoms with Crippen LogP contribution >= 0.6 is 23.2 Å². The topological polar surface area (TPSA) is 40.6 Å². The first-order valence-electron chi connectivity index (χ1n) is 9.19. The number of piperazine rings is 1. The Morgan fingerprint density at radius 1 is 1.04 bits per heavy atom. The van der Waals surface area contributed by atoms with E-state index in [-0.39, 0.29) is 5.91 Å². The molecule has 0 aliphatic carbocycles. The van der Waals surface area contributed by atoms with Gasteiger partial charge in [-0.3, -0.25) is 14.5 Å². The van der Waals surface area contributed by atoms with E-state index in [0.717, 1.165) is 49.0 Å². The Hall–Kier alpha value is -2.14.